The zero-order chi connectivity index (χ0) is 68.7. The highest BCUT2D eigenvalue weighted by molar-refractivity contribution is 7.84. The van der Waals surface area contributed by atoms with E-state index in [-0.39, 0.29) is 0 Å². The Hall–Kier alpha value is -2.74. The number of hydrogen-bond acceptors (Lipinski definition) is 39. The van der Waals surface area contributed by atoms with E-state index in [1.807, 2.05) is 0 Å². The summed E-state index contributed by atoms with van der Waals surface area (Å²) < 4.78 is 338. The van der Waals surface area contributed by atoms with Crippen LogP contribution in [0.25, 0.3) is 0 Å². The molecule has 5 aliphatic rings. The van der Waals surface area contributed by atoms with Crippen LogP contribution >= 0.6 is 0 Å². The number of nitrogens with one attached hydrogen (secondary N) is 3. The molecule has 0 aliphatic carbocycles. The van der Waals surface area contributed by atoms with E-state index in [1.165, 1.54) is 9.44 Å². The van der Waals surface area contributed by atoms with Gasteiger partial charge in [0.15, 0.2) is 55.9 Å². The van der Waals surface area contributed by atoms with Crippen molar-refractivity contribution in [1.29, 1.82) is 0 Å². The van der Waals surface area contributed by atoms with Crippen molar-refractivity contribution in [1.82, 2.24) is 14.2 Å². The molecule has 60 heteroatoms. The fourth-order valence-electron chi connectivity index (χ4n) is 8.79. The first-order valence-corrected chi connectivity index (χ1v) is 34.3. The molecule has 0 aromatic rings. The molecule has 25 atom stereocenters. The highest BCUT2D eigenvalue weighted by Gasteiger charge is 2.61. The molecule has 528 valence electrons. The number of rotatable bonds is 29. The van der Waals surface area contributed by atoms with Crippen LogP contribution in [0.1, 0.15) is 0 Å². The molecular weight excluding hydrogens is 1440 g/mol. The summed E-state index contributed by atoms with van der Waals surface area (Å²) in [5.41, 5.74) is 0. The third kappa shape index (κ3) is 22.4. The van der Waals surface area contributed by atoms with E-state index in [0.717, 1.165) is 4.72 Å². The van der Waals surface area contributed by atoms with Gasteiger partial charge in [0.25, 0.3) is 0 Å². The van der Waals surface area contributed by atoms with Crippen LogP contribution in [0.2, 0.25) is 0 Å². The predicted octanol–water partition coefficient (Wildman–Crippen LogP) is -14.4. The number of aliphatic hydroxyl groups is 7. The van der Waals surface area contributed by atoms with Gasteiger partial charge in [-0.1, -0.05) is 0 Å². The summed E-state index contributed by atoms with van der Waals surface area (Å²) in [6.07, 6.45) is -64.7. The molecule has 5 saturated heterocycles. The highest BCUT2D eigenvalue weighted by Crippen LogP contribution is 2.38. The maximum Gasteiger partial charge on any atom is 0.397 e. The number of aliphatic carboxylic acids is 2. The summed E-state index contributed by atoms with van der Waals surface area (Å²) in [6.45, 7) is -5.11. The molecule has 0 bridgehead atoms. The lowest BCUT2D eigenvalue weighted by molar-refractivity contribution is -0.372. The zero-order valence-corrected chi connectivity index (χ0v) is 49.5. The predicted molar refractivity (Wildman–Crippen MR) is 257 cm³/mol. The molecule has 5 heterocycles. The summed E-state index contributed by atoms with van der Waals surface area (Å²) in [7, 11) is -46.4. The van der Waals surface area contributed by atoms with Gasteiger partial charge in [0.05, 0.1) is 19.8 Å². The molecule has 5 fully saturated rings. The SMILES string of the molecule is O=C(O)[C@@H]1O[C@@H](O[C@H]2[C@H](O)[C@@H](NS(=O)(=O)O)[C@@H](O)O[C@@H]2COS(=O)(=O)O)[C@H](OS(=O)(=O)O)[C@@H](O)[C@@H]1O[C@H]1O[C@H](COS(=O)(=O)O)[C@@H](O[C@@H]2O[C@@H](C(=O)O)[C@@H](O[C@H]3O[C@H](COS(=O)(=O)O)[C@@H](O)[C@H](O)[C@H]3NS(=O)(=O)O)[C@H](O)[C@H]2OS(=O)(=O)O)[C@H](O)[C@H]1NS(=O)(=O)O. The van der Waals surface area contributed by atoms with E-state index in [9.17, 15) is 150 Å². The summed E-state index contributed by atoms with van der Waals surface area (Å²) >= 11 is 0. The first-order chi connectivity index (χ1) is 40.6. The second kappa shape index (κ2) is 29.3. The minimum atomic E-state index is -6.17. The van der Waals surface area contributed by atoms with Crippen LogP contribution < -0.4 is 14.2 Å². The Labute approximate surface area is 502 Å². The van der Waals surface area contributed by atoms with Crippen molar-refractivity contribution >= 4 is 94.8 Å². The third-order valence-electron chi connectivity index (χ3n) is 12.2. The molecule has 0 radical (unpaired) electrons. The number of hydrogen-bond donors (Lipinski definition) is 20. The number of carboxylic acids is 2. The summed E-state index contributed by atoms with van der Waals surface area (Å²) in [5, 5.41) is 98.5. The lowest BCUT2D eigenvalue weighted by Crippen LogP contribution is -2.71. The number of aliphatic hydroxyl groups excluding tert-OH is 7. The van der Waals surface area contributed by atoms with Gasteiger partial charge < -0.3 is 88.6 Å². The van der Waals surface area contributed by atoms with Gasteiger partial charge in [-0.15, -0.1) is 0 Å². The van der Waals surface area contributed by atoms with E-state index in [4.69, 9.17) is 51.7 Å². The number of carboxylic acid groups (broad SMARTS) is 2. The highest BCUT2D eigenvalue weighted by atomic mass is 32.3. The minimum Gasteiger partial charge on any atom is -0.479 e. The largest absolute Gasteiger partial charge is 0.479 e. The molecule has 0 aromatic heterocycles. The van der Waals surface area contributed by atoms with Crippen LogP contribution in [-0.4, -0.2) is 335 Å². The first-order valence-electron chi connectivity index (χ1n) is 23.2. The Morgan fingerprint density at radius 2 is 0.633 bits per heavy atom. The average molecular weight is 1490 g/mol. The topological polar surface area (TPSA) is 816 Å². The zero-order valence-electron chi connectivity index (χ0n) is 43.0. The maximum atomic E-state index is 12.9. The van der Waals surface area contributed by atoms with Crippen molar-refractivity contribution in [3.8, 4) is 0 Å². The van der Waals surface area contributed by atoms with Crippen LogP contribution in [0.15, 0.2) is 0 Å². The first kappa shape index (κ1) is 78.0. The summed E-state index contributed by atoms with van der Waals surface area (Å²) in [5.74, 6) is -4.94. The Balaban J connectivity index is 1.58. The second-order valence-electron chi connectivity index (χ2n) is 18.5. The lowest BCUT2D eigenvalue weighted by Gasteiger charge is -2.50. The van der Waals surface area contributed by atoms with Gasteiger partial charge in [0.1, 0.15) is 97.5 Å². The van der Waals surface area contributed by atoms with Crippen molar-refractivity contribution in [2.24, 2.45) is 0 Å². The van der Waals surface area contributed by atoms with Gasteiger partial charge in [0.2, 0.25) is 0 Å². The van der Waals surface area contributed by atoms with Crippen molar-refractivity contribution in [3.63, 3.8) is 0 Å². The second-order valence-corrected chi connectivity index (χ2v) is 27.4. The number of ether oxygens (including phenoxy) is 9. The smallest absolute Gasteiger partial charge is 0.397 e. The van der Waals surface area contributed by atoms with Crippen LogP contribution in [-0.2, 0) is 156 Å². The van der Waals surface area contributed by atoms with Crippen molar-refractivity contribution < 1.29 is 223 Å². The Bertz CT molecular complexity index is 3460. The van der Waals surface area contributed by atoms with Crippen molar-refractivity contribution in [3.05, 3.63) is 0 Å². The van der Waals surface area contributed by atoms with Crippen LogP contribution in [0.5, 0.6) is 0 Å². The quantitative estimate of drug-likeness (QED) is 0.0309. The maximum absolute atomic E-state index is 12.9. The standard InChI is InChI=1S/C30H51N3O49S8/c34-10-4(1-69-86(54,55)56)73-27(8(11(10)35)32-84(48,49)50)77-18-14(38)21(82-90(66,67)68)30(80-22(18)24(40)41)76-17-6(3-71-88(60,61)62)74-28(9(13(17)37)33-85(51,52)53)78-19-15(39)20(81-89(63,64)65)29(79-23(19)25(42)43)75-16-5(2-70-87(57,58)59)72-26(44)7(12(16)36)31-83(45,46)47/h4-23,26-39,44H,1-3H2,(H,40,41)(H,42,43)(H,45,46,47)(H,48,49,50)(H,51,52,53)(H,54,55,56)(H,57,58,59)(H,60,61,62)(H,63,64,65)(H,66,67,68)/t4-,5-,6-,7-,8-,9-,10-,11-,12-,13-,14+,15+,16-,17-,18+,19+,20-,21-,22-,23-,26+,27-,28-,29-,30-/m1/s1. The summed E-state index contributed by atoms with van der Waals surface area (Å²) in [4.78, 5) is 25.7. The fraction of sp³-hybridized carbons (Fsp3) is 0.933. The molecule has 90 heavy (non-hydrogen) atoms. The third-order valence-corrected chi connectivity index (χ3v) is 16.2. The van der Waals surface area contributed by atoms with Gasteiger partial charge in [0, 0.05) is 0 Å². The monoisotopic (exact) mass is 1490 g/mol. The van der Waals surface area contributed by atoms with Crippen LogP contribution in [0.4, 0.5) is 0 Å². The molecular formula is C30H51N3O49S8. The molecule has 20 N–H and O–H groups in total. The van der Waals surface area contributed by atoms with Gasteiger partial charge >= 0.3 is 94.8 Å². The Morgan fingerprint density at radius 1 is 0.333 bits per heavy atom. The van der Waals surface area contributed by atoms with E-state index >= 15 is 0 Å². The molecule has 0 spiro atoms. The van der Waals surface area contributed by atoms with E-state index in [1.54, 1.807) is 0 Å². The molecule has 0 saturated carbocycles. The van der Waals surface area contributed by atoms with Crippen molar-refractivity contribution in [2.75, 3.05) is 19.8 Å². The van der Waals surface area contributed by atoms with E-state index in [2.05, 4.69) is 20.9 Å². The molecule has 5 aliphatic heterocycles. The van der Waals surface area contributed by atoms with Gasteiger partial charge in [-0.2, -0.15) is 81.5 Å². The van der Waals surface area contributed by atoms with E-state index in [0.29, 0.717) is 0 Å². The summed E-state index contributed by atoms with van der Waals surface area (Å²) in [6, 6.07) is -8.27. The molecule has 0 aromatic carbocycles. The van der Waals surface area contributed by atoms with Crippen LogP contribution in [0, 0.1) is 0 Å². The molecule has 52 nitrogen and oxygen atoms in total. The Kier molecular flexibility index (Phi) is 25.4. The Morgan fingerprint density at radius 3 is 0.967 bits per heavy atom. The van der Waals surface area contributed by atoms with E-state index < -0.39 is 268 Å². The molecule has 5 rings (SSSR count). The molecule has 0 unspecified atom stereocenters. The van der Waals surface area contributed by atoms with Gasteiger partial charge in [-0.25, -0.2) is 30.5 Å². The fourth-order valence-corrected chi connectivity index (χ4v) is 12.5. The lowest BCUT2D eigenvalue weighted by atomic mass is 9.94. The van der Waals surface area contributed by atoms with Gasteiger partial charge in [-0.05, 0) is 0 Å². The minimum absolute atomic E-state index is 1.15. The van der Waals surface area contributed by atoms with Crippen LogP contribution in [0.3, 0.4) is 0 Å². The van der Waals surface area contributed by atoms with Gasteiger partial charge in [-0.3, -0.25) is 36.4 Å². The average Bonchev–Trinajstić information content (AvgIpc) is 0.802. The molecule has 0 amide bonds. The number of carbonyl (C=O) groups is 2. The normalized spacial score (nSPS) is 38.9. The van der Waals surface area contributed by atoms with Crippen molar-refractivity contribution in [2.45, 2.75) is 153 Å².